The molecule has 4 aromatic heterocycles. The summed E-state index contributed by atoms with van der Waals surface area (Å²) in [5, 5.41) is 1.28. The molecule has 21 heavy (non-hydrogen) atoms. The molecule has 4 heterocycles. The average Bonchev–Trinajstić information content (AvgIpc) is 2.89. The van der Waals surface area contributed by atoms with E-state index in [2.05, 4.69) is 39.9 Å². The fourth-order valence-corrected chi connectivity index (χ4v) is 2.92. The highest BCUT2D eigenvalue weighted by Gasteiger charge is 2.11. The van der Waals surface area contributed by atoms with Crippen molar-refractivity contribution < 1.29 is 0 Å². The van der Waals surface area contributed by atoms with Crippen molar-refractivity contribution in [3.63, 3.8) is 0 Å². The van der Waals surface area contributed by atoms with Crippen LogP contribution in [0.3, 0.4) is 0 Å². The highest BCUT2D eigenvalue weighted by atomic mass is 32.2. The van der Waals surface area contributed by atoms with Crippen LogP contribution in [0.4, 0.5) is 0 Å². The monoisotopic (exact) mass is 314 g/mol. The van der Waals surface area contributed by atoms with Gasteiger partial charge in [-0.2, -0.15) is 0 Å². The van der Waals surface area contributed by atoms with Crippen LogP contribution in [0.1, 0.15) is 0 Å². The van der Waals surface area contributed by atoms with Crippen molar-refractivity contribution in [3.05, 3.63) is 29.7 Å². The summed E-state index contributed by atoms with van der Waals surface area (Å²) in [5.41, 5.74) is 2.60. The SMILES string of the molecule is S=c1nc(Sc2nc3ncncc3[nH]2)c2nccnc2[nH]1. The van der Waals surface area contributed by atoms with E-state index in [1.807, 2.05) is 0 Å². The summed E-state index contributed by atoms with van der Waals surface area (Å²) in [6.07, 6.45) is 6.32. The summed E-state index contributed by atoms with van der Waals surface area (Å²) < 4.78 is 0.349. The van der Waals surface area contributed by atoms with Gasteiger partial charge >= 0.3 is 0 Å². The van der Waals surface area contributed by atoms with Crippen LogP contribution in [-0.4, -0.2) is 39.9 Å². The quantitative estimate of drug-likeness (QED) is 0.426. The van der Waals surface area contributed by atoms with Crippen molar-refractivity contribution in [2.24, 2.45) is 0 Å². The third kappa shape index (κ3) is 2.23. The molecule has 0 fully saturated rings. The van der Waals surface area contributed by atoms with Gasteiger partial charge in [0.2, 0.25) is 0 Å². The van der Waals surface area contributed by atoms with E-state index in [1.54, 1.807) is 18.6 Å². The fourth-order valence-electron chi connectivity index (χ4n) is 1.81. The minimum Gasteiger partial charge on any atom is -0.330 e. The number of aromatic nitrogens is 8. The lowest BCUT2D eigenvalue weighted by atomic mass is 10.5. The second kappa shape index (κ2) is 4.82. The van der Waals surface area contributed by atoms with Crippen LogP contribution in [0.25, 0.3) is 22.3 Å². The zero-order valence-electron chi connectivity index (χ0n) is 10.3. The van der Waals surface area contributed by atoms with E-state index in [1.165, 1.54) is 18.1 Å². The van der Waals surface area contributed by atoms with Gasteiger partial charge in [0.05, 0.1) is 6.20 Å². The van der Waals surface area contributed by atoms with Crippen LogP contribution in [0.15, 0.2) is 35.1 Å². The Kier molecular flexibility index (Phi) is 2.82. The van der Waals surface area contributed by atoms with E-state index in [9.17, 15) is 0 Å². The van der Waals surface area contributed by atoms with Gasteiger partial charge in [-0.25, -0.2) is 29.9 Å². The first-order valence-electron chi connectivity index (χ1n) is 5.84. The summed E-state index contributed by atoms with van der Waals surface area (Å²) in [7, 11) is 0. The van der Waals surface area contributed by atoms with Gasteiger partial charge in [0, 0.05) is 12.4 Å². The predicted molar refractivity (Wildman–Crippen MR) is 78.3 cm³/mol. The molecule has 0 amide bonds. The lowest BCUT2D eigenvalue weighted by Crippen LogP contribution is -1.93. The standard InChI is InChI=1S/C11H6N8S2/c20-10-17-8-6(13-1-2-14-8)9(19-10)21-11-16-5-3-12-4-15-7(5)18-11/h1-4H,(H,12,15,16,18)(H,14,17,19,20). The molecule has 4 rings (SSSR count). The zero-order valence-corrected chi connectivity index (χ0v) is 11.9. The van der Waals surface area contributed by atoms with E-state index in [0.717, 1.165) is 5.52 Å². The molecule has 2 N–H and O–H groups in total. The Hall–Kier alpha value is -2.46. The zero-order chi connectivity index (χ0) is 14.2. The molecule has 0 aliphatic rings. The molecule has 0 saturated heterocycles. The van der Waals surface area contributed by atoms with Crippen molar-refractivity contribution in [3.8, 4) is 0 Å². The minimum absolute atomic E-state index is 0.349. The fraction of sp³-hybridized carbons (Fsp3) is 0. The van der Waals surface area contributed by atoms with Crippen LogP contribution in [0.2, 0.25) is 0 Å². The maximum absolute atomic E-state index is 5.11. The van der Waals surface area contributed by atoms with Gasteiger partial charge in [-0.15, -0.1) is 0 Å². The molecule has 0 atom stereocenters. The summed E-state index contributed by atoms with van der Waals surface area (Å²) in [5.74, 6) is 0. The highest BCUT2D eigenvalue weighted by Crippen LogP contribution is 2.28. The number of aromatic amines is 2. The summed E-state index contributed by atoms with van der Waals surface area (Å²) in [6.45, 7) is 0. The van der Waals surface area contributed by atoms with E-state index in [-0.39, 0.29) is 0 Å². The molecule has 0 bridgehead atoms. The van der Waals surface area contributed by atoms with E-state index < -0.39 is 0 Å². The molecule has 0 aliphatic carbocycles. The molecular weight excluding hydrogens is 308 g/mol. The Labute approximate surface area is 126 Å². The third-order valence-corrected chi connectivity index (χ3v) is 3.72. The number of nitrogens with zero attached hydrogens (tertiary/aromatic N) is 6. The molecule has 10 heteroatoms. The second-order valence-corrected chi connectivity index (χ2v) is 5.37. The molecule has 0 radical (unpaired) electrons. The number of nitrogens with one attached hydrogen (secondary N) is 2. The molecule has 0 unspecified atom stereocenters. The van der Waals surface area contributed by atoms with Crippen LogP contribution < -0.4 is 0 Å². The Morgan fingerprint density at radius 1 is 1.05 bits per heavy atom. The smallest absolute Gasteiger partial charge is 0.199 e. The number of hydrogen-bond donors (Lipinski definition) is 2. The van der Waals surface area contributed by atoms with Gasteiger partial charge in [-0.05, 0) is 24.0 Å². The lowest BCUT2D eigenvalue weighted by molar-refractivity contribution is 1.01. The van der Waals surface area contributed by atoms with Gasteiger partial charge in [0.25, 0.3) is 0 Å². The maximum atomic E-state index is 5.11. The molecule has 102 valence electrons. The second-order valence-electron chi connectivity index (χ2n) is 4.00. The van der Waals surface area contributed by atoms with Gasteiger partial charge < -0.3 is 9.97 Å². The summed E-state index contributed by atoms with van der Waals surface area (Å²) >= 11 is 6.43. The number of H-pyrrole nitrogens is 2. The third-order valence-electron chi connectivity index (χ3n) is 2.66. The van der Waals surface area contributed by atoms with Gasteiger partial charge in [0.15, 0.2) is 21.2 Å². The predicted octanol–water partition coefficient (Wildman–Crippen LogP) is 1.90. The number of hydrogen-bond acceptors (Lipinski definition) is 8. The van der Waals surface area contributed by atoms with E-state index in [0.29, 0.717) is 31.8 Å². The Morgan fingerprint density at radius 2 is 1.95 bits per heavy atom. The Bertz CT molecular complexity index is 975. The van der Waals surface area contributed by atoms with Crippen LogP contribution in [-0.2, 0) is 0 Å². The average molecular weight is 314 g/mol. The molecule has 0 aromatic carbocycles. The number of rotatable bonds is 2. The van der Waals surface area contributed by atoms with Crippen LogP contribution in [0.5, 0.6) is 0 Å². The topological polar surface area (TPSA) is 109 Å². The van der Waals surface area contributed by atoms with Crippen molar-refractivity contribution in [1.29, 1.82) is 0 Å². The van der Waals surface area contributed by atoms with Crippen molar-refractivity contribution in [2.45, 2.75) is 10.2 Å². The van der Waals surface area contributed by atoms with Crippen molar-refractivity contribution in [2.75, 3.05) is 0 Å². The van der Waals surface area contributed by atoms with E-state index in [4.69, 9.17) is 12.2 Å². The van der Waals surface area contributed by atoms with Gasteiger partial charge in [-0.3, -0.25) is 0 Å². The Balaban J connectivity index is 1.85. The molecule has 0 saturated carbocycles. The van der Waals surface area contributed by atoms with Crippen LogP contribution in [0, 0.1) is 4.77 Å². The van der Waals surface area contributed by atoms with Crippen molar-refractivity contribution in [1.82, 2.24) is 39.9 Å². The first kappa shape index (κ1) is 12.3. The number of imidazole rings is 1. The van der Waals surface area contributed by atoms with Gasteiger partial charge in [-0.1, -0.05) is 0 Å². The van der Waals surface area contributed by atoms with Gasteiger partial charge in [0.1, 0.15) is 22.4 Å². The first-order chi connectivity index (χ1) is 10.3. The lowest BCUT2D eigenvalue weighted by Gasteiger charge is -2.01. The summed E-state index contributed by atoms with van der Waals surface area (Å²) in [4.78, 5) is 31.2. The van der Waals surface area contributed by atoms with E-state index >= 15 is 0 Å². The van der Waals surface area contributed by atoms with Crippen molar-refractivity contribution >= 4 is 46.3 Å². The summed E-state index contributed by atoms with van der Waals surface area (Å²) in [6, 6.07) is 0. The van der Waals surface area contributed by atoms with Crippen LogP contribution >= 0.6 is 24.0 Å². The highest BCUT2D eigenvalue weighted by molar-refractivity contribution is 7.99. The normalized spacial score (nSPS) is 11.2. The molecular formula is C11H6N8S2. The largest absolute Gasteiger partial charge is 0.330 e. The Morgan fingerprint density at radius 3 is 2.86 bits per heavy atom. The molecule has 0 spiro atoms. The molecule has 8 nitrogen and oxygen atoms in total. The first-order valence-corrected chi connectivity index (χ1v) is 7.07. The molecule has 0 aliphatic heterocycles. The maximum Gasteiger partial charge on any atom is 0.199 e. The minimum atomic E-state index is 0.349. The molecule has 4 aromatic rings. The number of fused-ring (bicyclic) bond motifs is 2.